The van der Waals surface area contributed by atoms with E-state index < -0.39 is 0 Å². The molecule has 1 aromatic carbocycles. The first-order chi connectivity index (χ1) is 9.28. The average molecular weight is 260 g/mol. The van der Waals surface area contributed by atoms with Gasteiger partial charge in [-0.05, 0) is 29.8 Å². The number of amides is 2. The molecule has 2 N–H and O–H groups in total. The average Bonchev–Trinajstić information content (AvgIpc) is 2.96. The van der Waals surface area contributed by atoms with Crippen LogP contribution in [0.1, 0.15) is 11.3 Å². The molecule has 0 unspecified atom stereocenters. The number of urea groups is 1. The fraction of sp³-hybridized carbons (Fsp3) is 0.214. The van der Waals surface area contributed by atoms with Gasteiger partial charge in [-0.15, -0.1) is 0 Å². The number of ether oxygens (including phenoxy) is 1. The summed E-state index contributed by atoms with van der Waals surface area (Å²) in [6.07, 6.45) is 1.57. The second-order valence-corrected chi connectivity index (χ2v) is 3.97. The fourth-order valence-corrected chi connectivity index (χ4v) is 1.61. The van der Waals surface area contributed by atoms with Crippen LogP contribution in [0.2, 0.25) is 0 Å². The van der Waals surface area contributed by atoms with Crippen LogP contribution in [0.3, 0.4) is 0 Å². The van der Waals surface area contributed by atoms with Crippen LogP contribution in [0, 0.1) is 0 Å². The van der Waals surface area contributed by atoms with Gasteiger partial charge in [-0.25, -0.2) is 4.79 Å². The number of carbonyl (C=O) groups excluding carboxylic acids is 1. The predicted molar refractivity (Wildman–Crippen MR) is 70.8 cm³/mol. The maximum atomic E-state index is 11.6. The molecule has 0 aliphatic rings. The van der Waals surface area contributed by atoms with E-state index in [1.807, 2.05) is 30.3 Å². The minimum absolute atomic E-state index is 0.237. The molecule has 0 radical (unpaired) electrons. The lowest BCUT2D eigenvalue weighted by Crippen LogP contribution is -2.34. The molecule has 1 aromatic heterocycles. The first-order valence-electron chi connectivity index (χ1n) is 5.95. The van der Waals surface area contributed by atoms with Crippen molar-refractivity contribution in [2.45, 2.75) is 13.1 Å². The zero-order valence-electron chi connectivity index (χ0n) is 10.7. The van der Waals surface area contributed by atoms with Crippen LogP contribution < -0.4 is 15.4 Å². The van der Waals surface area contributed by atoms with E-state index in [0.29, 0.717) is 13.1 Å². The Morgan fingerprint density at radius 1 is 1.21 bits per heavy atom. The highest BCUT2D eigenvalue weighted by molar-refractivity contribution is 5.73. The smallest absolute Gasteiger partial charge is 0.315 e. The number of hydrogen-bond donors (Lipinski definition) is 2. The van der Waals surface area contributed by atoms with Crippen molar-refractivity contribution >= 4 is 6.03 Å². The van der Waals surface area contributed by atoms with Crippen LogP contribution >= 0.6 is 0 Å². The van der Waals surface area contributed by atoms with Crippen molar-refractivity contribution in [1.82, 2.24) is 10.6 Å². The minimum Gasteiger partial charge on any atom is -0.497 e. The maximum Gasteiger partial charge on any atom is 0.315 e. The summed E-state index contributed by atoms with van der Waals surface area (Å²) in [5.74, 6) is 1.49. The molecule has 2 aromatic rings. The van der Waals surface area contributed by atoms with Gasteiger partial charge in [0.15, 0.2) is 0 Å². The van der Waals surface area contributed by atoms with E-state index in [9.17, 15) is 4.79 Å². The number of carbonyl (C=O) groups is 1. The largest absolute Gasteiger partial charge is 0.497 e. The molecule has 2 rings (SSSR count). The van der Waals surface area contributed by atoms with E-state index in [1.54, 1.807) is 19.4 Å². The Hall–Kier alpha value is -2.43. The summed E-state index contributed by atoms with van der Waals surface area (Å²) in [4.78, 5) is 11.6. The molecule has 0 atom stereocenters. The molecule has 0 bridgehead atoms. The summed E-state index contributed by atoms with van der Waals surface area (Å²) < 4.78 is 10.2. The molecule has 5 nitrogen and oxygen atoms in total. The predicted octanol–water partition coefficient (Wildman–Crippen LogP) is 2.29. The van der Waals surface area contributed by atoms with Gasteiger partial charge >= 0.3 is 6.03 Å². The lowest BCUT2D eigenvalue weighted by Gasteiger charge is -2.07. The Kier molecular flexibility index (Phi) is 4.44. The molecule has 0 spiro atoms. The molecule has 0 aliphatic heterocycles. The second kappa shape index (κ2) is 6.49. The van der Waals surface area contributed by atoms with E-state index >= 15 is 0 Å². The number of methoxy groups -OCH3 is 1. The summed E-state index contributed by atoms with van der Waals surface area (Å²) in [5.41, 5.74) is 0.979. The molecular weight excluding hydrogens is 244 g/mol. The van der Waals surface area contributed by atoms with Crippen molar-refractivity contribution < 1.29 is 13.9 Å². The summed E-state index contributed by atoms with van der Waals surface area (Å²) in [6.45, 7) is 0.818. The number of hydrogen-bond acceptors (Lipinski definition) is 3. The van der Waals surface area contributed by atoms with E-state index in [2.05, 4.69) is 10.6 Å². The quantitative estimate of drug-likeness (QED) is 0.867. The van der Waals surface area contributed by atoms with E-state index in [0.717, 1.165) is 17.1 Å². The highest BCUT2D eigenvalue weighted by Gasteiger charge is 2.02. The van der Waals surface area contributed by atoms with Crippen molar-refractivity contribution in [3.63, 3.8) is 0 Å². The van der Waals surface area contributed by atoms with Crippen LogP contribution in [0.4, 0.5) is 4.79 Å². The Morgan fingerprint density at radius 3 is 2.79 bits per heavy atom. The standard InChI is InChI=1S/C14H16N2O3/c1-18-12-5-2-4-11(8-12)9-15-14(17)16-10-13-6-3-7-19-13/h2-8H,9-10H2,1H3,(H2,15,16,17). The molecule has 100 valence electrons. The van der Waals surface area contributed by atoms with Crippen molar-refractivity contribution in [3.8, 4) is 5.75 Å². The van der Waals surface area contributed by atoms with Crippen molar-refractivity contribution in [2.75, 3.05) is 7.11 Å². The molecule has 1 heterocycles. The molecule has 0 saturated carbocycles. The number of benzene rings is 1. The van der Waals surface area contributed by atoms with Gasteiger partial charge in [-0.1, -0.05) is 12.1 Å². The van der Waals surface area contributed by atoms with Crippen LogP contribution in [-0.2, 0) is 13.1 Å². The van der Waals surface area contributed by atoms with Crippen molar-refractivity contribution in [1.29, 1.82) is 0 Å². The SMILES string of the molecule is COc1cccc(CNC(=O)NCc2ccco2)c1. The maximum absolute atomic E-state index is 11.6. The van der Waals surface area contributed by atoms with Gasteiger partial charge in [-0.2, -0.15) is 0 Å². The van der Waals surface area contributed by atoms with Crippen LogP contribution in [0.25, 0.3) is 0 Å². The van der Waals surface area contributed by atoms with Crippen LogP contribution in [-0.4, -0.2) is 13.1 Å². The Morgan fingerprint density at radius 2 is 2.05 bits per heavy atom. The van der Waals surface area contributed by atoms with Gasteiger partial charge in [-0.3, -0.25) is 0 Å². The summed E-state index contributed by atoms with van der Waals surface area (Å²) in [5, 5.41) is 5.47. The molecule has 0 fully saturated rings. The zero-order valence-corrected chi connectivity index (χ0v) is 10.7. The number of rotatable bonds is 5. The van der Waals surface area contributed by atoms with E-state index in [4.69, 9.17) is 9.15 Å². The monoisotopic (exact) mass is 260 g/mol. The zero-order chi connectivity index (χ0) is 13.5. The second-order valence-electron chi connectivity index (χ2n) is 3.97. The highest BCUT2D eigenvalue weighted by atomic mass is 16.5. The number of furan rings is 1. The molecular formula is C14H16N2O3. The minimum atomic E-state index is -0.237. The Bertz CT molecular complexity index is 523. The summed E-state index contributed by atoms with van der Waals surface area (Å²) in [6, 6.07) is 10.9. The van der Waals surface area contributed by atoms with Crippen LogP contribution in [0.15, 0.2) is 47.1 Å². The molecule has 19 heavy (non-hydrogen) atoms. The third-order valence-electron chi connectivity index (χ3n) is 2.59. The third-order valence-corrected chi connectivity index (χ3v) is 2.59. The van der Waals surface area contributed by atoms with Gasteiger partial charge in [0.2, 0.25) is 0 Å². The normalized spacial score (nSPS) is 9.95. The fourth-order valence-electron chi connectivity index (χ4n) is 1.61. The van der Waals surface area contributed by atoms with Crippen molar-refractivity contribution in [2.24, 2.45) is 0 Å². The van der Waals surface area contributed by atoms with E-state index in [1.165, 1.54) is 0 Å². The molecule has 0 aliphatic carbocycles. The first kappa shape index (κ1) is 13.0. The topological polar surface area (TPSA) is 63.5 Å². The van der Waals surface area contributed by atoms with E-state index in [-0.39, 0.29) is 6.03 Å². The molecule has 5 heteroatoms. The lowest BCUT2D eigenvalue weighted by atomic mass is 10.2. The highest BCUT2D eigenvalue weighted by Crippen LogP contribution is 2.11. The van der Waals surface area contributed by atoms with Gasteiger partial charge < -0.3 is 19.8 Å². The molecule has 0 saturated heterocycles. The van der Waals surface area contributed by atoms with Gasteiger partial charge in [0.1, 0.15) is 11.5 Å². The van der Waals surface area contributed by atoms with Gasteiger partial charge in [0, 0.05) is 6.54 Å². The number of nitrogens with one attached hydrogen (secondary N) is 2. The summed E-state index contributed by atoms with van der Waals surface area (Å²) >= 11 is 0. The Balaban J connectivity index is 1.76. The Labute approximate surface area is 111 Å². The van der Waals surface area contributed by atoms with Gasteiger partial charge in [0.25, 0.3) is 0 Å². The van der Waals surface area contributed by atoms with Gasteiger partial charge in [0.05, 0.1) is 19.9 Å². The van der Waals surface area contributed by atoms with Crippen LogP contribution in [0.5, 0.6) is 5.75 Å². The van der Waals surface area contributed by atoms with Crippen molar-refractivity contribution in [3.05, 3.63) is 54.0 Å². The summed E-state index contributed by atoms with van der Waals surface area (Å²) in [7, 11) is 1.61. The lowest BCUT2D eigenvalue weighted by molar-refractivity contribution is 0.239. The third kappa shape index (κ3) is 4.06. The first-order valence-corrected chi connectivity index (χ1v) is 5.95. The molecule has 2 amide bonds.